The first-order valence-electron chi connectivity index (χ1n) is 3.47. The number of carbonyl (C=O) groups is 1. The third-order valence-electron chi connectivity index (χ3n) is 1.55. The van der Waals surface area contributed by atoms with E-state index in [-0.39, 0.29) is 11.0 Å². The molecule has 0 aliphatic rings. The van der Waals surface area contributed by atoms with E-state index in [9.17, 15) is 4.79 Å². The Balaban J connectivity index is 3.19. The van der Waals surface area contributed by atoms with Gasteiger partial charge in [0, 0.05) is 4.47 Å². The summed E-state index contributed by atoms with van der Waals surface area (Å²) in [5.74, 6) is -0.616. The molecule has 0 saturated heterocycles. The van der Waals surface area contributed by atoms with Crippen molar-refractivity contribution in [3.8, 4) is 0 Å². The van der Waals surface area contributed by atoms with Crippen LogP contribution in [-0.2, 0) is 0 Å². The molecule has 1 amide bonds. The summed E-state index contributed by atoms with van der Waals surface area (Å²) < 4.78 is 0.532. The second kappa shape index (κ2) is 3.91. The predicted molar refractivity (Wildman–Crippen MR) is 52.5 cm³/mol. The molecule has 1 aromatic carbocycles. The van der Waals surface area contributed by atoms with Crippen molar-refractivity contribution in [3.05, 3.63) is 28.2 Å². The van der Waals surface area contributed by atoms with Crippen molar-refractivity contribution < 1.29 is 14.8 Å². The Kier molecular flexibility index (Phi) is 3.08. The predicted octanol–water partition coefficient (Wildman–Crippen LogP) is -0.772. The molecule has 4 nitrogen and oxygen atoms in total. The van der Waals surface area contributed by atoms with Crippen LogP contribution in [0.5, 0.6) is 0 Å². The average Bonchev–Trinajstić information content (AvgIpc) is 2.04. The molecule has 0 fully saturated rings. The Morgan fingerprint density at radius 3 is 2.54 bits per heavy atom. The van der Waals surface area contributed by atoms with Crippen LogP contribution in [0.25, 0.3) is 0 Å². The largest absolute Gasteiger partial charge is 0.488 e. The molecule has 0 aliphatic carbocycles. The number of rotatable bonds is 2. The van der Waals surface area contributed by atoms with E-state index in [1.165, 1.54) is 18.2 Å². The normalized spacial score (nSPS) is 9.77. The van der Waals surface area contributed by atoms with Crippen molar-refractivity contribution in [1.82, 2.24) is 0 Å². The molecule has 4 N–H and O–H groups in total. The van der Waals surface area contributed by atoms with Crippen molar-refractivity contribution >= 4 is 34.4 Å². The zero-order valence-electron chi connectivity index (χ0n) is 6.57. The third kappa shape index (κ3) is 2.30. The molecule has 1 rings (SSSR count). The van der Waals surface area contributed by atoms with E-state index in [1.807, 2.05) is 0 Å². The minimum absolute atomic E-state index is 0.227. The second-order valence-electron chi connectivity index (χ2n) is 2.48. The summed E-state index contributed by atoms with van der Waals surface area (Å²) in [5.41, 5.74) is 5.51. The Morgan fingerprint density at radius 2 is 2.08 bits per heavy atom. The molecular formula is C7H7BBrNO3. The fraction of sp³-hybridized carbons (Fsp3) is 0. The smallest absolute Gasteiger partial charge is 0.423 e. The van der Waals surface area contributed by atoms with Crippen molar-refractivity contribution in [2.24, 2.45) is 5.73 Å². The highest BCUT2D eigenvalue weighted by Crippen LogP contribution is 2.13. The molecule has 0 atom stereocenters. The standard InChI is InChI=1S/C7H7BBrNO3/c9-6-2-1-4(8(12)13)3-5(6)7(10)11/h1-3,12-13H,(H2,10,11). The van der Waals surface area contributed by atoms with Gasteiger partial charge in [-0.15, -0.1) is 0 Å². The van der Waals surface area contributed by atoms with Crippen LogP contribution in [0.2, 0.25) is 0 Å². The maximum Gasteiger partial charge on any atom is 0.488 e. The van der Waals surface area contributed by atoms with E-state index < -0.39 is 13.0 Å². The Hall–Kier alpha value is -0.845. The highest BCUT2D eigenvalue weighted by Gasteiger charge is 2.14. The maximum absolute atomic E-state index is 10.8. The van der Waals surface area contributed by atoms with Gasteiger partial charge in [0.1, 0.15) is 0 Å². The minimum Gasteiger partial charge on any atom is -0.423 e. The van der Waals surface area contributed by atoms with Crippen LogP contribution < -0.4 is 11.2 Å². The molecule has 0 saturated carbocycles. The molecule has 0 spiro atoms. The van der Waals surface area contributed by atoms with E-state index in [2.05, 4.69) is 15.9 Å². The first-order chi connectivity index (χ1) is 6.02. The number of carbonyl (C=O) groups excluding carboxylic acids is 1. The summed E-state index contributed by atoms with van der Waals surface area (Å²) in [6.45, 7) is 0. The van der Waals surface area contributed by atoms with Crippen molar-refractivity contribution in [3.63, 3.8) is 0 Å². The maximum atomic E-state index is 10.8. The Morgan fingerprint density at radius 1 is 1.46 bits per heavy atom. The molecule has 1 aromatic rings. The zero-order valence-corrected chi connectivity index (χ0v) is 8.15. The van der Waals surface area contributed by atoms with Crippen LogP contribution in [0.3, 0.4) is 0 Å². The lowest BCUT2D eigenvalue weighted by atomic mass is 9.79. The quantitative estimate of drug-likeness (QED) is 0.597. The number of benzene rings is 1. The van der Waals surface area contributed by atoms with Gasteiger partial charge in [0.05, 0.1) is 5.56 Å². The van der Waals surface area contributed by atoms with Crippen LogP contribution in [0, 0.1) is 0 Å². The Bertz CT molecular complexity index is 343. The molecule has 13 heavy (non-hydrogen) atoms. The molecule has 6 heteroatoms. The fourth-order valence-electron chi connectivity index (χ4n) is 0.892. The Labute approximate surface area is 83.6 Å². The number of amides is 1. The minimum atomic E-state index is -1.59. The summed E-state index contributed by atoms with van der Waals surface area (Å²) in [7, 11) is -1.59. The summed E-state index contributed by atoms with van der Waals surface area (Å²) in [5, 5.41) is 17.6. The van der Waals surface area contributed by atoms with Gasteiger partial charge in [0.25, 0.3) is 0 Å². The van der Waals surface area contributed by atoms with Gasteiger partial charge in [-0.25, -0.2) is 0 Å². The van der Waals surface area contributed by atoms with Gasteiger partial charge in [0.2, 0.25) is 5.91 Å². The first-order valence-corrected chi connectivity index (χ1v) is 4.27. The molecule has 0 heterocycles. The number of nitrogens with two attached hydrogens (primary N) is 1. The molecule has 68 valence electrons. The highest BCUT2D eigenvalue weighted by molar-refractivity contribution is 9.10. The van der Waals surface area contributed by atoms with Crippen molar-refractivity contribution in [2.45, 2.75) is 0 Å². The van der Waals surface area contributed by atoms with E-state index in [4.69, 9.17) is 15.8 Å². The van der Waals surface area contributed by atoms with Gasteiger partial charge in [-0.1, -0.05) is 6.07 Å². The number of hydrogen-bond donors (Lipinski definition) is 3. The summed E-state index contributed by atoms with van der Waals surface area (Å²) in [6, 6.07) is 4.35. The lowest BCUT2D eigenvalue weighted by molar-refractivity contribution is 0.0999. The summed E-state index contributed by atoms with van der Waals surface area (Å²) in [4.78, 5) is 10.8. The van der Waals surface area contributed by atoms with Crippen LogP contribution >= 0.6 is 15.9 Å². The monoisotopic (exact) mass is 243 g/mol. The number of hydrogen-bond acceptors (Lipinski definition) is 3. The van der Waals surface area contributed by atoms with Crippen LogP contribution in [0.4, 0.5) is 0 Å². The average molecular weight is 244 g/mol. The fourth-order valence-corrected chi connectivity index (χ4v) is 1.33. The lowest BCUT2D eigenvalue weighted by Gasteiger charge is -2.03. The highest BCUT2D eigenvalue weighted by atomic mass is 79.9. The molecule has 0 bridgehead atoms. The van der Waals surface area contributed by atoms with Crippen molar-refractivity contribution in [1.29, 1.82) is 0 Å². The van der Waals surface area contributed by atoms with Gasteiger partial charge in [-0.2, -0.15) is 0 Å². The van der Waals surface area contributed by atoms with Gasteiger partial charge >= 0.3 is 7.12 Å². The van der Waals surface area contributed by atoms with Gasteiger partial charge < -0.3 is 15.8 Å². The van der Waals surface area contributed by atoms with Gasteiger partial charge in [-0.3, -0.25) is 4.79 Å². The van der Waals surface area contributed by atoms with Crippen LogP contribution in [0.1, 0.15) is 10.4 Å². The molecule has 0 unspecified atom stereocenters. The van der Waals surface area contributed by atoms with Crippen LogP contribution in [-0.4, -0.2) is 23.1 Å². The second-order valence-corrected chi connectivity index (χ2v) is 3.33. The third-order valence-corrected chi connectivity index (χ3v) is 2.25. The van der Waals surface area contributed by atoms with Crippen molar-refractivity contribution in [2.75, 3.05) is 0 Å². The van der Waals surface area contributed by atoms with E-state index in [0.717, 1.165) is 0 Å². The van der Waals surface area contributed by atoms with E-state index in [0.29, 0.717) is 4.47 Å². The van der Waals surface area contributed by atoms with E-state index >= 15 is 0 Å². The number of halogens is 1. The molecular weight excluding hydrogens is 237 g/mol. The lowest BCUT2D eigenvalue weighted by Crippen LogP contribution is -2.31. The van der Waals surface area contributed by atoms with Gasteiger partial charge in [0.15, 0.2) is 0 Å². The molecule has 0 radical (unpaired) electrons. The number of primary amides is 1. The SMILES string of the molecule is NC(=O)c1cc(B(O)O)ccc1Br. The summed E-state index contributed by atoms with van der Waals surface area (Å²) in [6.07, 6.45) is 0. The first kappa shape index (κ1) is 10.2. The topological polar surface area (TPSA) is 83.6 Å². The molecule has 0 aromatic heterocycles. The van der Waals surface area contributed by atoms with E-state index in [1.54, 1.807) is 0 Å². The summed E-state index contributed by atoms with van der Waals surface area (Å²) >= 11 is 3.12. The van der Waals surface area contributed by atoms with Gasteiger partial charge in [-0.05, 0) is 33.5 Å². The zero-order chi connectivity index (χ0) is 10.0. The molecule has 0 aliphatic heterocycles. The van der Waals surface area contributed by atoms with Crippen LogP contribution in [0.15, 0.2) is 22.7 Å².